The van der Waals surface area contributed by atoms with E-state index in [1.807, 2.05) is 0 Å². The third-order valence-electron chi connectivity index (χ3n) is 4.96. The lowest BCUT2D eigenvalue weighted by Gasteiger charge is -2.16. The minimum Gasteiger partial charge on any atom is -0.453 e. The van der Waals surface area contributed by atoms with Gasteiger partial charge in [-0.15, -0.1) is 0 Å². The van der Waals surface area contributed by atoms with Crippen molar-refractivity contribution in [2.24, 2.45) is 7.05 Å². The molecule has 2 aromatic heterocycles. The quantitative estimate of drug-likeness (QED) is 0.444. The van der Waals surface area contributed by atoms with Gasteiger partial charge in [-0.05, 0) is 23.6 Å². The molecule has 10 heteroatoms. The average Bonchev–Trinajstić information content (AvgIpc) is 2.74. The molecule has 0 aliphatic heterocycles. The highest BCUT2D eigenvalue weighted by molar-refractivity contribution is 7.89. The Morgan fingerprint density at radius 3 is 2.27 bits per heavy atom. The smallest absolute Gasteiger partial charge is 0.258 e. The molecule has 33 heavy (non-hydrogen) atoms. The van der Waals surface area contributed by atoms with Gasteiger partial charge < -0.3 is 9.30 Å². The fraction of sp³-hybridized carbons (Fsp3) is 0.130. The topological polar surface area (TPSA) is 87.4 Å². The summed E-state index contributed by atoms with van der Waals surface area (Å²) in [6.45, 7) is 0. The number of aromatic nitrogens is 2. The van der Waals surface area contributed by atoms with Crippen molar-refractivity contribution in [2.75, 3.05) is 6.26 Å². The number of nitrogens with zero attached hydrogens (tertiary/aromatic N) is 2. The van der Waals surface area contributed by atoms with Crippen LogP contribution in [-0.4, -0.2) is 23.8 Å². The number of halogens is 2. The van der Waals surface area contributed by atoms with Crippen LogP contribution >= 0.6 is 0 Å². The van der Waals surface area contributed by atoms with E-state index in [2.05, 4.69) is 0 Å². The molecule has 170 valence electrons. The molecule has 2 aromatic carbocycles. The van der Waals surface area contributed by atoms with E-state index in [1.54, 1.807) is 31.3 Å². The summed E-state index contributed by atoms with van der Waals surface area (Å²) in [5.74, 6) is -2.78. The van der Waals surface area contributed by atoms with E-state index in [9.17, 15) is 26.8 Å². The van der Waals surface area contributed by atoms with Crippen LogP contribution in [0.2, 0.25) is 0 Å². The Morgan fingerprint density at radius 1 is 0.909 bits per heavy atom. The average molecular weight is 472 g/mol. The zero-order chi connectivity index (χ0) is 23.9. The van der Waals surface area contributed by atoms with Gasteiger partial charge >= 0.3 is 0 Å². The summed E-state index contributed by atoms with van der Waals surface area (Å²) in [4.78, 5) is 25.2. The molecule has 7 nitrogen and oxygen atoms in total. The second-order valence-electron chi connectivity index (χ2n) is 7.60. The highest BCUT2D eigenvalue weighted by Gasteiger charge is 2.19. The number of rotatable bonds is 5. The van der Waals surface area contributed by atoms with Crippen molar-refractivity contribution in [3.63, 3.8) is 0 Å². The van der Waals surface area contributed by atoms with Crippen LogP contribution < -0.4 is 15.9 Å². The number of benzene rings is 2. The molecule has 0 unspecified atom stereocenters. The van der Waals surface area contributed by atoms with Gasteiger partial charge in [0.1, 0.15) is 17.4 Å². The third kappa shape index (κ3) is 4.56. The normalized spacial score (nSPS) is 11.6. The predicted molar refractivity (Wildman–Crippen MR) is 120 cm³/mol. The molecule has 0 atom stereocenters. The summed E-state index contributed by atoms with van der Waals surface area (Å²) in [6.07, 6.45) is 3.79. The fourth-order valence-corrected chi connectivity index (χ4v) is 4.21. The predicted octanol–water partition coefficient (Wildman–Crippen LogP) is 3.44. The zero-order valence-corrected chi connectivity index (χ0v) is 18.4. The van der Waals surface area contributed by atoms with Gasteiger partial charge in [0.15, 0.2) is 21.4 Å². The van der Waals surface area contributed by atoms with Crippen molar-refractivity contribution in [1.82, 2.24) is 9.13 Å². The van der Waals surface area contributed by atoms with Crippen molar-refractivity contribution in [3.05, 3.63) is 93.3 Å². The number of ether oxygens (including phenoxy) is 1. The molecule has 4 rings (SSSR count). The molecule has 0 aliphatic rings. The first-order chi connectivity index (χ1) is 15.5. The Bertz CT molecular complexity index is 1620. The first-order valence-electron chi connectivity index (χ1n) is 9.67. The molecule has 0 radical (unpaired) electrons. The molecular weight excluding hydrogens is 454 g/mol. The summed E-state index contributed by atoms with van der Waals surface area (Å²) in [5, 5.41) is 0.909. The molecule has 0 aliphatic carbocycles. The molecule has 2 heterocycles. The number of pyridine rings is 2. The molecular formula is C23H18F2N2O5S. The van der Waals surface area contributed by atoms with Crippen molar-refractivity contribution in [3.8, 4) is 22.6 Å². The number of hydrogen-bond donors (Lipinski definition) is 0. The summed E-state index contributed by atoms with van der Waals surface area (Å²) >= 11 is 0. The molecule has 0 amide bonds. The SMILES string of the molecule is Cn1cc(-c2cn(CS(C)(=O)=O)c(=O)cc2Oc2ccc(F)cc2F)c2ccccc2c1=O. The molecule has 0 saturated carbocycles. The maximum atomic E-state index is 14.3. The number of aryl methyl sites for hydroxylation is 1. The van der Waals surface area contributed by atoms with Crippen LogP contribution in [0.3, 0.4) is 0 Å². The van der Waals surface area contributed by atoms with E-state index in [0.717, 1.165) is 29.0 Å². The summed E-state index contributed by atoms with van der Waals surface area (Å²) in [7, 11) is -2.03. The highest BCUT2D eigenvalue weighted by Crippen LogP contribution is 2.36. The Morgan fingerprint density at radius 2 is 1.61 bits per heavy atom. The maximum absolute atomic E-state index is 14.3. The number of fused-ring (bicyclic) bond motifs is 1. The summed E-state index contributed by atoms with van der Waals surface area (Å²) in [6, 6.07) is 10.5. The number of sulfone groups is 1. The van der Waals surface area contributed by atoms with E-state index in [0.29, 0.717) is 22.4 Å². The van der Waals surface area contributed by atoms with Gasteiger partial charge in [-0.2, -0.15) is 0 Å². The zero-order valence-electron chi connectivity index (χ0n) is 17.6. The van der Waals surface area contributed by atoms with Gasteiger partial charge in [-0.3, -0.25) is 14.2 Å². The van der Waals surface area contributed by atoms with Crippen LogP contribution in [0, 0.1) is 11.6 Å². The van der Waals surface area contributed by atoms with Crippen molar-refractivity contribution < 1.29 is 21.9 Å². The third-order valence-corrected chi connectivity index (χ3v) is 5.70. The second-order valence-corrected chi connectivity index (χ2v) is 9.71. The lowest BCUT2D eigenvalue weighted by atomic mass is 10.0. The van der Waals surface area contributed by atoms with Gasteiger partial charge in [0.25, 0.3) is 11.1 Å². The minimum absolute atomic E-state index is 0.0842. The fourth-order valence-electron chi connectivity index (χ4n) is 3.50. The standard InChI is InChI=1S/C23H18F2N2O5S/c1-26-11-17(15-5-3-4-6-16(15)23(26)29)18-12-27(13-33(2,30)31)22(28)10-21(18)32-20-8-7-14(24)9-19(20)25/h3-12H,13H2,1-2H3. The molecule has 0 saturated heterocycles. The number of hydrogen-bond acceptors (Lipinski definition) is 5. The van der Waals surface area contributed by atoms with Crippen molar-refractivity contribution >= 4 is 20.6 Å². The van der Waals surface area contributed by atoms with E-state index in [4.69, 9.17) is 4.74 Å². The Kier molecular flexibility index (Phi) is 5.62. The summed E-state index contributed by atoms with van der Waals surface area (Å²) < 4.78 is 59.2. The Hall–Kier alpha value is -3.79. The molecule has 0 fully saturated rings. The molecule has 4 aromatic rings. The van der Waals surface area contributed by atoms with Gasteiger partial charge in [-0.1, -0.05) is 18.2 Å². The van der Waals surface area contributed by atoms with Crippen LogP contribution in [0.15, 0.2) is 70.5 Å². The molecule has 0 bridgehead atoms. The van der Waals surface area contributed by atoms with Crippen molar-refractivity contribution in [1.29, 1.82) is 0 Å². The van der Waals surface area contributed by atoms with E-state index >= 15 is 0 Å². The summed E-state index contributed by atoms with van der Waals surface area (Å²) in [5.41, 5.74) is -0.261. The molecule has 0 N–H and O–H groups in total. The first kappa shape index (κ1) is 22.4. The lowest BCUT2D eigenvalue weighted by Crippen LogP contribution is -2.23. The second kappa shape index (κ2) is 8.28. The van der Waals surface area contributed by atoms with Crippen LogP contribution in [0.5, 0.6) is 11.5 Å². The first-order valence-corrected chi connectivity index (χ1v) is 11.7. The largest absolute Gasteiger partial charge is 0.453 e. The lowest BCUT2D eigenvalue weighted by molar-refractivity contribution is 0.437. The van der Waals surface area contributed by atoms with E-state index in [-0.39, 0.29) is 22.6 Å². The van der Waals surface area contributed by atoms with E-state index < -0.39 is 32.9 Å². The monoisotopic (exact) mass is 472 g/mol. The maximum Gasteiger partial charge on any atom is 0.258 e. The highest BCUT2D eigenvalue weighted by atomic mass is 32.2. The van der Waals surface area contributed by atoms with Gasteiger partial charge in [-0.25, -0.2) is 17.2 Å². The van der Waals surface area contributed by atoms with Crippen LogP contribution in [0.4, 0.5) is 8.78 Å². The molecule has 0 spiro atoms. The Balaban J connectivity index is 2.02. The van der Waals surface area contributed by atoms with Crippen LogP contribution in [0.25, 0.3) is 21.9 Å². The van der Waals surface area contributed by atoms with Crippen molar-refractivity contribution in [2.45, 2.75) is 5.88 Å². The van der Waals surface area contributed by atoms with Gasteiger partial charge in [0.05, 0.1) is 0 Å². The van der Waals surface area contributed by atoms with Gasteiger partial charge in [0.2, 0.25) is 0 Å². The van der Waals surface area contributed by atoms with Crippen LogP contribution in [0.1, 0.15) is 0 Å². The minimum atomic E-state index is -3.57. The van der Waals surface area contributed by atoms with E-state index in [1.165, 1.54) is 17.0 Å². The van der Waals surface area contributed by atoms with Gasteiger partial charge in [0, 0.05) is 54.3 Å². The Labute approximate surface area is 187 Å². The van der Waals surface area contributed by atoms with Crippen LogP contribution in [-0.2, 0) is 22.8 Å².